The molecule has 1 aliphatic rings. The summed E-state index contributed by atoms with van der Waals surface area (Å²) in [5, 5.41) is 4.19. The topological polar surface area (TPSA) is 34.1 Å². The van der Waals surface area contributed by atoms with E-state index >= 15 is 0 Å². The number of sulfone groups is 1. The molecule has 1 saturated carbocycles. The molecule has 1 aromatic heterocycles. The van der Waals surface area contributed by atoms with Crippen molar-refractivity contribution in [1.29, 1.82) is 0 Å². The Bertz CT molecular complexity index is 1220. The van der Waals surface area contributed by atoms with Gasteiger partial charge in [-0.1, -0.05) is 78.9 Å². The number of hydrogen-bond donors (Lipinski definition) is 0. The van der Waals surface area contributed by atoms with Crippen LogP contribution in [0.2, 0.25) is 0 Å². The zero-order valence-electron chi connectivity index (χ0n) is 16.4. The highest BCUT2D eigenvalue weighted by Gasteiger charge is 2.73. The van der Waals surface area contributed by atoms with E-state index in [1.54, 1.807) is 35.6 Å². The minimum atomic E-state index is -3.63. The van der Waals surface area contributed by atoms with Crippen LogP contribution in [0.15, 0.2) is 113 Å². The fourth-order valence-corrected chi connectivity index (χ4v) is 8.13. The summed E-state index contributed by atoms with van der Waals surface area (Å²) in [5.74, 6) is -0.117. The smallest absolute Gasteiger partial charge is 0.189 e. The highest BCUT2D eigenvalue weighted by molar-refractivity contribution is 7.92. The van der Waals surface area contributed by atoms with Gasteiger partial charge in [0.25, 0.3) is 0 Å². The van der Waals surface area contributed by atoms with Gasteiger partial charge in [0.15, 0.2) is 9.84 Å². The molecule has 0 saturated heterocycles. The Hall–Kier alpha value is -2.69. The average molecular weight is 431 g/mol. The van der Waals surface area contributed by atoms with E-state index in [1.165, 1.54) is 5.56 Å². The van der Waals surface area contributed by atoms with Crippen LogP contribution in [0, 0.1) is 5.92 Å². The molecule has 4 heteroatoms. The predicted molar refractivity (Wildman–Crippen MR) is 122 cm³/mol. The Labute approximate surface area is 181 Å². The minimum absolute atomic E-state index is 0.0258. The van der Waals surface area contributed by atoms with Crippen LogP contribution in [0.3, 0.4) is 0 Å². The summed E-state index contributed by atoms with van der Waals surface area (Å²) < 4.78 is 27.5. The molecule has 4 aromatic rings. The van der Waals surface area contributed by atoms with Crippen molar-refractivity contribution in [2.24, 2.45) is 5.92 Å². The van der Waals surface area contributed by atoms with Gasteiger partial charge in [0.2, 0.25) is 0 Å². The molecule has 3 aromatic carbocycles. The van der Waals surface area contributed by atoms with Crippen LogP contribution in [0.25, 0.3) is 0 Å². The second-order valence-electron chi connectivity index (χ2n) is 7.81. The second kappa shape index (κ2) is 7.53. The maximum atomic E-state index is 14.2. The Morgan fingerprint density at radius 3 is 1.97 bits per heavy atom. The van der Waals surface area contributed by atoms with Gasteiger partial charge in [-0.05, 0) is 58.0 Å². The van der Waals surface area contributed by atoms with Crippen molar-refractivity contribution in [3.05, 3.63) is 125 Å². The Balaban J connectivity index is 1.74. The summed E-state index contributed by atoms with van der Waals surface area (Å²) in [6.07, 6.45) is 0.740. The molecule has 150 valence electrons. The molecule has 0 amide bonds. The molecule has 30 heavy (non-hydrogen) atoms. The molecule has 0 radical (unpaired) electrons. The molecular weight excluding hydrogens is 408 g/mol. The molecule has 0 N–H and O–H groups in total. The third kappa shape index (κ3) is 2.94. The van der Waals surface area contributed by atoms with Crippen LogP contribution >= 0.6 is 11.3 Å². The molecule has 3 atom stereocenters. The number of benzene rings is 3. The van der Waals surface area contributed by atoms with Crippen LogP contribution in [0.5, 0.6) is 0 Å². The molecule has 5 rings (SSSR count). The minimum Gasteiger partial charge on any atom is -0.223 e. The van der Waals surface area contributed by atoms with Crippen molar-refractivity contribution in [3.8, 4) is 0 Å². The summed E-state index contributed by atoms with van der Waals surface area (Å²) in [5.41, 5.74) is 3.16. The third-order valence-corrected chi connectivity index (χ3v) is 9.53. The maximum Gasteiger partial charge on any atom is 0.189 e. The van der Waals surface area contributed by atoms with Gasteiger partial charge in [-0.2, -0.15) is 11.3 Å². The fraction of sp³-hybridized carbons (Fsp3) is 0.154. The van der Waals surface area contributed by atoms with E-state index in [4.69, 9.17) is 0 Å². The van der Waals surface area contributed by atoms with Crippen molar-refractivity contribution in [3.63, 3.8) is 0 Å². The Morgan fingerprint density at radius 2 is 1.37 bits per heavy atom. The van der Waals surface area contributed by atoms with Crippen molar-refractivity contribution >= 4 is 21.2 Å². The number of hydrogen-bond acceptors (Lipinski definition) is 3. The van der Waals surface area contributed by atoms with Gasteiger partial charge in [-0.25, -0.2) is 8.42 Å². The van der Waals surface area contributed by atoms with Gasteiger partial charge in [-0.3, -0.25) is 0 Å². The van der Waals surface area contributed by atoms with Gasteiger partial charge < -0.3 is 0 Å². The molecule has 1 aliphatic carbocycles. The first-order valence-electron chi connectivity index (χ1n) is 10.1. The lowest BCUT2D eigenvalue weighted by Gasteiger charge is -2.21. The monoisotopic (exact) mass is 430 g/mol. The van der Waals surface area contributed by atoms with Gasteiger partial charge in [0, 0.05) is 5.92 Å². The largest absolute Gasteiger partial charge is 0.223 e. The van der Waals surface area contributed by atoms with Crippen molar-refractivity contribution in [2.75, 3.05) is 0 Å². The van der Waals surface area contributed by atoms with Crippen LogP contribution in [-0.2, 0) is 21.0 Å². The van der Waals surface area contributed by atoms with Gasteiger partial charge in [-0.15, -0.1) is 0 Å². The van der Waals surface area contributed by atoms with Crippen molar-refractivity contribution in [2.45, 2.75) is 22.0 Å². The summed E-state index contributed by atoms with van der Waals surface area (Å²) in [6.45, 7) is 0. The van der Waals surface area contributed by atoms with E-state index in [2.05, 4.69) is 29.0 Å². The van der Waals surface area contributed by atoms with Gasteiger partial charge in [0.05, 0.1) is 4.90 Å². The van der Waals surface area contributed by atoms with Gasteiger partial charge >= 0.3 is 0 Å². The van der Waals surface area contributed by atoms with E-state index in [0.29, 0.717) is 4.90 Å². The van der Waals surface area contributed by atoms with E-state index in [-0.39, 0.29) is 11.8 Å². The lowest BCUT2D eigenvalue weighted by molar-refractivity contribution is 0.569. The van der Waals surface area contributed by atoms with E-state index in [9.17, 15) is 8.42 Å². The van der Waals surface area contributed by atoms with Crippen molar-refractivity contribution in [1.82, 2.24) is 0 Å². The second-order valence-corrected chi connectivity index (χ2v) is 10.7. The standard InChI is InChI=1S/C26H22O2S2/c27-30(28,23-14-8-3-9-15-23)26(22-12-6-2-7-13-22)24(18-20-16-17-29-19-20)25(26)21-10-4-1-5-11-21/h1-17,19,24-25H,18H2/t24?,25-,26?/m0/s1. The normalized spacial score (nSPS) is 23.2. The molecule has 2 nitrogen and oxygen atoms in total. The Morgan fingerprint density at radius 1 is 0.767 bits per heavy atom. The molecular formula is C26H22O2S2. The number of thiophene rings is 1. The average Bonchev–Trinajstić information content (AvgIpc) is 3.18. The first-order chi connectivity index (χ1) is 14.7. The summed E-state index contributed by atoms with van der Waals surface area (Å²) >= 11 is 1.66. The summed E-state index contributed by atoms with van der Waals surface area (Å²) in [7, 11) is -3.63. The molecule has 1 fully saturated rings. The highest BCUT2D eigenvalue weighted by atomic mass is 32.2. The first-order valence-corrected chi connectivity index (χ1v) is 12.5. The lowest BCUT2D eigenvalue weighted by atomic mass is 10.0. The molecule has 2 unspecified atom stereocenters. The maximum absolute atomic E-state index is 14.2. The fourth-order valence-electron chi connectivity index (χ4n) is 4.91. The highest BCUT2D eigenvalue weighted by Crippen LogP contribution is 2.70. The summed E-state index contributed by atoms with van der Waals surface area (Å²) in [6, 6.07) is 30.9. The summed E-state index contributed by atoms with van der Waals surface area (Å²) in [4.78, 5) is 0.391. The van der Waals surface area contributed by atoms with Crippen molar-refractivity contribution < 1.29 is 8.42 Å². The van der Waals surface area contributed by atoms with Crippen LogP contribution in [-0.4, -0.2) is 8.42 Å². The predicted octanol–water partition coefficient (Wildman–Crippen LogP) is 6.07. The van der Waals surface area contributed by atoms with E-state index in [0.717, 1.165) is 17.5 Å². The molecule has 0 spiro atoms. The lowest BCUT2D eigenvalue weighted by Crippen LogP contribution is -2.25. The van der Waals surface area contributed by atoms with Crippen LogP contribution < -0.4 is 0 Å². The van der Waals surface area contributed by atoms with E-state index in [1.807, 2.05) is 54.6 Å². The zero-order valence-corrected chi connectivity index (χ0v) is 18.0. The number of rotatable bonds is 6. The van der Waals surface area contributed by atoms with Crippen LogP contribution in [0.4, 0.5) is 0 Å². The Kier molecular flexibility index (Phi) is 4.84. The molecule has 0 bridgehead atoms. The molecule has 1 heterocycles. The quantitative estimate of drug-likeness (QED) is 0.372. The zero-order chi connectivity index (χ0) is 20.6. The van der Waals surface area contributed by atoms with E-state index < -0.39 is 14.6 Å². The SMILES string of the molecule is O=S(=O)(c1ccccc1)C1(c2ccccc2)C(Cc2ccsc2)[C@@H]1c1ccccc1. The third-order valence-electron chi connectivity index (χ3n) is 6.22. The first kappa shape index (κ1) is 19.3. The van der Waals surface area contributed by atoms with Crippen LogP contribution in [0.1, 0.15) is 22.6 Å². The molecule has 0 aliphatic heterocycles. The van der Waals surface area contributed by atoms with Gasteiger partial charge in [0.1, 0.15) is 4.75 Å².